The molecule has 6 heteroatoms. The van der Waals surface area contributed by atoms with Gasteiger partial charge in [-0.2, -0.15) is 0 Å². The molecule has 28 heavy (non-hydrogen) atoms. The Kier molecular flexibility index (Phi) is 5.41. The molecule has 1 amide bonds. The number of anilines is 1. The first-order valence-electron chi connectivity index (χ1n) is 8.87. The van der Waals surface area contributed by atoms with Crippen LogP contribution in [0.15, 0.2) is 60.8 Å². The zero-order chi connectivity index (χ0) is 19.7. The molecule has 2 aromatic carbocycles. The van der Waals surface area contributed by atoms with Crippen molar-refractivity contribution >= 4 is 55.2 Å². The SMILES string of the molecule is Cc1ccc(C)c2sc(N(Cc3ccccn3)C(=O)c3ccccc3I)nc12. The monoisotopic (exact) mass is 499 g/mol. The Bertz CT molecular complexity index is 1120. The van der Waals surface area contributed by atoms with Gasteiger partial charge in [-0.05, 0) is 71.8 Å². The van der Waals surface area contributed by atoms with Gasteiger partial charge in [-0.15, -0.1) is 0 Å². The molecule has 4 rings (SSSR count). The quantitative estimate of drug-likeness (QED) is 0.336. The van der Waals surface area contributed by atoms with Gasteiger partial charge in [0, 0.05) is 9.77 Å². The third-order valence-corrected chi connectivity index (χ3v) is 6.71. The van der Waals surface area contributed by atoms with Crippen LogP contribution in [-0.2, 0) is 6.54 Å². The molecule has 0 N–H and O–H groups in total. The Morgan fingerprint density at radius 2 is 1.79 bits per heavy atom. The molecule has 0 atom stereocenters. The van der Waals surface area contributed by atoms with Crippen LogP contribution in [0, 0.1) is 17.4 Å². The molecular formula is C22H18IN3OS. The van der Waals surface area contributed by atoms with E-state index in [1.165, 1.54) is 5.56 Å². The lowest BCUT2D eigenvalue weighted by molar-refractivity contribution is 0.0984. The van der Waals surface area contributed by atoms with Crippen molar-refractivity contribution in [1.29, 1.82) is 0 Å². The topological polar surface area (TPSA) is 46.1 Å². The Balaban J connectivity index is 1.83. The fourth-order valence-corrected chi connectivity index (χ4v) is 4.75. The number of pyridine rings is 1. The number of halogens is 1. The van der Waals surface area contributed by atoms with Gasteiger partial charge in [0.05, 0.1) is 28.0 Å². The molecule has 0 fully saturated rings. The number of aryl methyl sites for hydroxylation is 2. The number of rotatable bonds is 4. The van der Waals surface area contributed by atoms with Crippen molar-refractivity contribution in [2.75, 3.05) is 4.90 Å². The average Bonchev–Trinajstić information content (AvgIpc) is 3.16. The van der Waals surface area contributed by atoms with Gasteiger partial charge in [0.2, 0.25) is 0 Å². The van der Waals surface area contributed by atoms with Crippen LogP contribution in [0.4, 0.5) is 5.13 Å². The summed E-state index contributed by atoms with van der Waals surface area (Å²) in [7, 11) is 0. The van der Waals surface area contributed by atoms with Crippen LogP contribution in [0.5, 0.6) is 0 Å². The highest BCUT2D eigenvalue weighted by Gasteiger charge is 2.24. The molecule has 2 heterocycles. The lowest BCUT2D eigenvalue weighted by Gasteiger charge is -2.20. The van der Waals surface area contributed by atoms with Gasteiger partial charge in [-0.25, -0.2) is 4.98 Å². The Morgan fingerprint density at radius 3 is 2.50 bits per heavy atom. The fraction of sp³-hybridized carbons (Fsp3) is 0.136. The lowest BCUT2D eigenvalue weighted by Crippen LogP contribution is -2.31. The normalized spacial score (nSPS) is 11.0. The third kappa shape index (κ3) is 3.66. The average molecular weight is 499 g/mol. The first-order chi connectivity index (χ1) is 13.5. The van der Waals surface area contributed by atoms with Crippen molar-refractivity contribution in [2.45, 2.75) is 20.4 Å². The molecule has 2 aromatic heterocycles. The van der Waals surface area contributed by atoms with Crippen LogP contribution in [0.1, 0.15) is 27.2 Å². The van der Waals surface area contributed by atoms with E-state index < -0.39 is 0 Å². The van der Waals surface area contributed by atoms with Gasteiger partial charge >= 0.3 is 0 Å². The van der Waals surface area contributed by atoms with Gasteiger partial charge in [-0.3, -0.25) is 14.7 Å². The molecule has 0 aliphatic heterocycles. The number of benzene rings is 2. The number of hydrogen-bond acceptors (Lipinski definition) is 4. The van der Waals surface area contributed by atoms with Gasteiger partial charge in [0.25, 0.3) is 5.91 Å². The van der Waals surface area contributed by atoms with E-state index in [0.717, 1.165) is 25.0 Å². The van der Waals surface area contributed by atoms with Crippen molar-refractivity contribution in [2.24, 2.45) is 0 Å². The highest BCUT2D eigenvalue weighted by molar-refractivity contribution is 14.1. The molecule has 0 bridgehead atoms. The van der Waals surface area contributed by atoms with Gasteiger partial charge < -0.3 is 0 Å². The molecule has 0 aliphatic rings. The summed E-state index contributed by atoms with van der Waals surface area (Å²) >= 11 is 3.76. The second-order valence-electron chi connectivity index (χ2n) is 6.57. The summed E-state index contributed by atoms with van der Waals surface area (Å²) < 4.78 is 2.04. The van der Waals surface area contributed by atoms with Gasteiger partial charge in [0.15, 0.2) is 5.13 Å². The highest BCUT2D eigenvalue weighted by Crippen LogP contribution is 2.34. The van der Waals surface area contributed by atoms with Crippen molar-refractivity contribution in [3.63, 3.8) is 0 Å². The van der Waals surface area contributed by atoms with Crippen molar-refractivity contribution in [1.82, 2.24) is 9.97 Å². The molecule has 4 aromatic rings. The summed E-state index contributed by atoms with van der Waals surface area (Å²) in [6.07, 6.45) is 1.75. The van der Waals surface area contributed by atoms with E-state index in [2.05, 4.69) is 53.6 Å². The minimum absolute atomic E-state index is 0.0648. The second kappa shape index (κ2) is 7.97. The molecule has 0 unspecified atom stereocenters. The zero-order valence-electron chi connectivity index (χ0n) is 15.5. The van der Waals surface area contributed by atoms with E-state index >= 15 is 0 Å². The summed E-state index contributed by atoms with van der Waals surface area (Å²) in [6, 6.07) is 17.5. The van der Waals surface area contributed by atoms with Crippen LogP contribution < -0.4 is 4.90 Å². The standard InChI is InChI=1S/C22H18IN3OS/c1-14-10-11-15(2)20-19(14)25-22(28-20)26(13-16-7-5-6-12-24-16)21(27)17-8-3-4-9-18(17)23/h3-12H,13H2,1-2H3. The van der Waals surface area contributed by atoms with Crippen molar-refractivity contribution in [3.05, 3.63) is 86.7 Å². The van der Waals surface area contributed by atoms with E-state index in [-0.39, 0.29) is 5.91 Å². The number of aromatic nitrogens is 2. The second-order valence-corrected chi connectivity index (χ2v) is 8.71. The Hall–Kier alpha value is -2.32. The lowest BCUT2D eigenvalue weighted by atomic mass is 10.1. The number of fused-ring (bicyclic) bond motifs is 1. The van der Waals surface area contributed by atoms with Crippen LogP contribution in [-0.4, -0.2) is 15.9 Å². The molecule has 0 saturated carbocycles. The summed E-state index contributed by atoms with van der Waals surface area (Å²) in [5, 5.41) is 0.697. The van der Waals surface area contributed by atoms with Crippen molar-refractivity contribution < 1.29 is 4.79 Å². The van der Waals surface area contributed by atoms with E-state index in [0.29, 0.717) is 17.2 Å². The summed E-state index contributed by atoms with van der Waals surface area (Å²) in [5.41, 5.74) is 4.74. The number of nitrogens with zero attached hydrogens (tertiary/aromatic N) is 3. The minimum atomic E-state index is -0.0648. The first-order valence-corrected chi connectivity index (χ1v) is 10.8. The van der Waals surface area contributed by atoms with Crippen LogP contribution >= 0.6 is 33.9 Å². The minimum Gasteiger partial charge on any atom is -0.278 e. The summed E-state index contributed by atoms with van der Waals surface area (Å²) in [6.45, 7) is 4.51. The molecule has 0 saturated heterocycles. The number of hydrogen-bond donors (Lipinski definition) is 0. The first kappa shape index (κ1) is 19.0. The van der Waals surface area contributed by atoms with Gasteiger partial charge in [-0.1, -0.05) is 41.7 Å². The van der Waals surface area contributed by atoms with Crippen molar-refractivity contribution in [3.8, 4) is 0 Å². The molecule has 0 spiro atoms. The molecule has 0 aliphatic carbocycles. The molecule has 0 radical (unpaired) electrons. The Morgan fingerprint density at radius 1 is 1.04 bits per heavy atom. The van der Waals surface area contributed by atoms with Crippen LogP contribution in [0.25, 0.3) is 10.2 Å². The van der Waals surface area contributed by atoms with E-state index in [1.54, 1.807) is 22.4 Å². The number of carbonyl (C=O) groups excluding carboxylic acids is 1. The van der Waals surface area contributed by atoms with Gasteiger partial charge in [0.1, 0.15) is 0 Å². The smallest absolute Gasteiger partial charge is 0.261 e. The molecule has 140 valence electrons. The maximum atomic E-state index is 13.5. The Labute approximate surface area is 181 Å². The molecule has 4 nitrogen and oxygen atoms in total. The maximum Gasteiger partial charge on any atom is 0.261 e. The number of carbonyl (C=O) groups is 1. The third-order valence-electron chi connectivity index (χ3n) is 4.56. The number of thiazole rings is 1. The van der Waals surface area contributed by atoms with Crippen LogP contribution in [0.2, 0.25) is 0 Å². The fourth-order valence-electron chi connectivity index (χ4n) is 3.02. The molecular weight excluding hydrogens is 481 g/mol. The largest absolute Gasteiger partial charge is 0.278 e. The van der Waals surface area contributed by atoms with E-state index in [4.69, 9.17) is 4.98 Å². The van der Waals surface area contributed by atoms with Crippen LogP contribution in [0.3, 0.4) is 0 Å². The van der Waals surface area contributed by atoms with E-state index in [1.807, 2.05) is 42.5 Å². The predicted octanol–water partition coefficient (Wildman–Crippen LogP) is 5.76. The summed E-state index contributed by atoms with van der Waals surface area (Å²) in [5.74, 6) is -0.0648. The summed E-state index contributed by atoms with van der Waals surface area (Å²) in [4.78, 5) is 24.5. The number of amides is 1. The predicted molar refractivity (Wildman–Crippen MR) is 123 cm³/mol. The van der Waals surface area contributed by atoms with E-state index in [9.17, 15) is 4.79 Å². The highest BCUT2D eigenvalue weighted by atomic mass is 127. The zero-order valence-corrected chi connectivity index (χ0v) is 18.5. The maximum absolute atomic E-state index is 13.5.